The first-order valence-electron chi connectivity index (χ1n) is 9.32. The Morgan fingerprint density at radius 1 is 0.870 bits per heavy atom. The maximum Gasteiger partial charge on any atom is 0.0651 e. The number of nitrogens with one attached hydrogen (secondary N) is 3. The smallest absolute Gasteiger partial charge is 0.0651 e. The van der Waals surface area contributed by atoms with Gasteiger partial charge in [-0.1, -0.05) is 19.3 Å². The van der Waals surface area contributed by atoms with Gasteiger partial charge in [0.05, 0.1) is 11.7 Å². The summed E-state index contributed by atoms with van der Waals surface area (Å²) in [5.74, 6) is 0. The van der Waals surface area contributed by atoms with E-state index in [4.69, 9.17) is 0 Å². The van der Waals surface area contributed by atoms with Crippen LogP contribution in [0, 0.1) is 0 Å². The minimum Gasteiger partial charge on any atom is -0.382 e. The number of H-pyrrole nitrogens is 1. The fourth-order valence-electron chi connectivity index (χ4n) is 4.28. The van der Waals surface area contributed by atoms with E-state index in [1.165, 1.54) is 68.9 Å². The number of aromatic amines is 1. The molecule has 4 nitrogen and oxygen atoms in total. The second-order valence-corrected chi connectivity index (χ2v) is 7.37. The molecule has 2 aliphatic carbocycles. The van der Waals surface area contributed by atoms with Crippen LogP contribution in [0.3, 0.4) is 0 Å². The zero-order valence-electron chi connectivity index (χ0n) is 13.9. The van der Waals surface area contributed by atoms with Crippen molar-refractivity contribution in [2.24, 2.45) is 0 Å². The van der Waals surface area contributed by atoms with Crippen molar-refractivity contribution in [2.75, 3.05) is 5.32 Å². The largest absolute Gasteiger partial charge is 0.382 e. The highest BCUT2D eigenvalue weighted by molar-refractivity contribution is 5.81. The fraction of sp³-hybridized carbons (Fsp3) is 0.632. The summed E-state index contributed by atoms with van der Waals surface area (Å²) >= 11 is 0. The average molecular weight is 312 g/mol. The third-order valence-electron chi connectivity index (χ3n) is 5.61. The van der Waals surface area contributed by atoms with Gasteiger partial charge in [0.2, 0.25) is 0 Å². The Balaban J connectivity index is 1.27. The lowest BCUT2D eigenvalue weighted by molar-refractivity contribution is 0.283. The molecule has 0 bridgehead atoms. The number of rotatable bonds is 4. The highest BCUT2D eigenvalue weighted by Crippen LogP contribution is 2.26. The standard InChI is InChI=1S/C19H28N4/c1-2-4-15(5-3-1)21-16-6-8-17(9-7-16)22-18-10-11-19-14(12-18)13-20-23-19/h10-13,15-17,21-22H,1-9H2,(H,20,23)/t16-,17+. The molecule has 2 aromatic rings. The van der Waals surface area contributed by atoms with Crippen molar-refractivity contribution in [2.45, 2.75) is 75.9 Å². The lowest BCUT2D eigenvalue weighted by atomic mass is 9.88. The predicted octanol–water partition coefficient (Wildman–Crippen LogP) is 4.21. The Hall–Kier alpha value is -1.55. The second-order valence-electron chi connectivity index (χ2n) is 7.37. The van der Waals surface area contributed by atoms with Crippen LogP contribution in [-0.2, 0) is 0 Å². The van der Waals surface area contributed by atoms with Gasteiger partial charge in [0.1, 0.15) is 0 Å². The summed E-state index contributed by atoms with van der Waals surface area (Å²) in [6.45, 7) is 0. The molecule has 0 saturated heterocycles. The van der Waals surface area contributed by atoms with Crippen LogP contribution < -0.4 is 10.6 Å². The topological polar surface area (TPSA) is 52.7 Å². The SMILES string of the molecule is c1cc2[nH]ncc2cc1N[C@H]1CC[C@@H](NC2CCCCC2)CC1. The molecule has 0 amide bonds. The van der Waals surface area contributed by atoms with Crippen LogP contribution in [0.1, 0.15) is 57.8 Å². The first kappa shape index (κ1) is 15.0. The average Bonchev–Trinajstić information content (AvgIpc) is 3.05. The van der Waals surface area contributed by atoms with Gasteiger partial charge in [0, 0.05) is 29.2 Å². The number of fused-ring (bicyclic) bond motifs is 1. The molecule has 1 heterocycles. The molecule has 4 rings (SSSR count). The van der Waals surface area contributed by atoms with E-state index in [0.29, 0.717) is 6.04 Å². The Kier molecular flexibility index (Phi) is 4.51. The summed E-state index contributed by atoms with van der Waals surface area (Å²) in [5, 5.41) is 15.9. The Bertz CT molecular complexity index is 621. The van der Waals surface area contributed by atoms with Crippen LogP contribution in [0.4, 0.5) is 5.69 Å². The van der Waals surface area contributed by atoms with Crippen molar-refractivity contribution in [3.8, 4) is 0 Å². The highest BCUT2D eigenvalue weighted by atomic mass is 15.1. The Labute approximate surface area is 138 Å². The van der Waals surface area contributed by atoms with Crippen molar-refractivity contribution in [1.29, 1.82) is 0 Å². The van der Waals surface area contributed by atoms with Gasteiger partial charge in [-0.3, -0.25) is 5.10 Å². The van der Waals surface area contributed by atoms with Gasteiger partial charge in [-0.25, -0.2) is 0 Å². The van der Waals surface area contributed by atoms with Crippen molar-refractivity contribution in [1.82, 2.24) is 15.5 Å². The van der Waals surface area contributed by atoms with Crippen LogP contribution in [0.25, 0.3) is 10.9 Å². The molecule has 1 aromatic heterocycles. The van der Waals surface area contributed by atoms with Crippen LogP contribution in [0.5, 0.6) is 0 Å². The van der Waals surface area contributed by atoms with Crippen molar-refractivity contribution >= 4 is 16.6 Å². The summed E-state index contributed by atoms with van der Waals surface area (Å²) < 4.78 is 0. The molecule has 124 valence electrons. The van der Waals surface area contributed by atoms with Gasteiger partial charge in [-0.2, -0.15) is 5.10 Å². The zero-order chi connectivity index (χ0) is 15.5. The molecule has 2 fully saturated rings. The number of hydrogen-bond donors (Lipinski definition) is 3. The summed E-state index contributed by atoms with van der Waals surface area (Å²) in [5.41, 5.74) is 2.33. The van der Waals surface area contributed by atoms with Gasteiger partial charge in [0.15, 0.2) is 0 Å². The van der Waals surface area contributed by atoms with Crippen LogP contribution in [0.2, 0.25) is 0 Å². The second kappa shape index (κ2) is 6.91. The Morgan fingerprint density at radius 3 is 2.43 bits per heavy atom. The van der Waals surface area contributed by atoms with Gasteiger partial charge < -0.3 is 10.6 Å². The van der Waals surface area contributed by atoms with Crippen molar-refractivity contribution < 1.29 is 0 Å². The molecular formula is C19H28N4. The summed E-state index contributed by atoms with van der Waals surface area (Å²) in [4.78, 5) is 0. The summed E-state index contributed by atoms with van der Waals surface area (Å²) in [6.07, 6.45) is 14.1. The summed E-state index contributed by atoms with van der Waals surface area (Å²) in [6, 6.07) is 8.62. The monoisotopic (exact) mass is 312 g/mol. The summed E-state index contributed by atoms with van der Waals surface area (Å²) in [7, 11) is 0. The number of nitrogens with zero attached hydrogens (tertiary/aromatic N) is 1. The first-order valence-corrected chi connectivity index (χ1v) is 9.32. The minimum absolute atomic E-state index is 0.615. The minimum atomic E-state index is 0.615. The van der Waals surface area contributed by atoms with Crippen LogP contribution >= 0.6 is 0 Å². The molecule has 2 saturated carbocycles. The first-order chi connectivity index (χ1) is 11.4. The fourth-order valence-corrected chi connectivity index (χ4v) is 4.28. The number of benzene rings is 1. The zero-order valence-corrected chi connectivity index (χ0v) is 13.9. The van der Waals surface area contributed by atoms with E-state index in [1.807, 2.05) is 6.20 Å². The molecule has 3 N–H and O–H groups in total. The van der Waals surface area contributed by atoms with Gasteiger partial charge >= 0.3 is 0 Å². The third-order valence-corrected chi connectivity index (χ3v) is 5.61. The predicted molar refractivity (Wildman–Crippen MR) is 95.8 cm³/mol. The van der Waals surface area contributed by atoms with E-state index in [9.17, 15) is 0 Å². The molecular weight excluding hydrogens is 284 g/mol. The van der Waals surface area contributed by atoms with Crippen molar-refractivity contribution in [3.05, 3.63) is 24.4 Å². The molecule has 0 unspecified atom stereocenters. The van der Waals surface area contributed by atoms with Gasteiger partial charge in [-0.05, 0) is 56.7 Å². The van der Waals surface area contributed by atoms with Gasteiger partial charge in [-0.15, -0.1) is 0 Å². The number of anilines is 1. The van der Waals surface area contributed by atoms with E-state index in [2.05, 4.69) is 39.0 Å². The maximum absolute atomic E-state index is 4.09. The molecule has 0 atom stereocenters. The third kappa shape index (κ3) is 3.69. The van der Waals surface area contributed by atoms with Crippen molar-refractivity contribution in [3.63, 3.8) is 0 Å². The molecule has 0 spiro atoms. The van der Waals surface area contributed by atoms with E-state index in [0.717, 1.165) is 17.6 Å². The number of aromatic nitrogens is 2. The van der Waals surface area contributed by atoms with E-state index < -0.39 is 0 Å². The number of hydrogen-bond acceptors (Lipinski definition) is 3. The lowest BCUT2D eigenvalue weighted by Crippen LogP contribution is -2.43. The molecule has 23 heavy (non-hydrogen) atoms. The maximum atomic E-state index is 4.09. The van der Waals surface area contributed by atoms with Gasteiger partial charge in [0.25, 0.3) is 0 Å². The molecule has 1 aromatic carbocycles. The Morgan fingerprint density at radius 2 is 1.61 bits per heavy atom. The van der Waals surface area contributed by atoms with E-state index in [-0.39, 0.29) is 0 Å². The highest BCUT2D eigenvalue weighted by Gasteiger charge is 2.24. The molecule has 0 aliphatic heterocycles. The van der Waals surface area contributed by atoms with E-state index in [1.54, 1.807) is 0 Å². The quantitative estimate of drug-likeness (QED) is 0.792. The molecule has 4 heteroatoms. The van der Waals surface area contributed by atoms with E-state index >= 15 is 0 Å². The lowest BCUT2D eigenvalue weighted by Gasteiger charge is -2.34. The molecule has 0 radical (unpaired) electrons. The van der Waals surface area contributed by atoms with Crippen LogP contribution in [-0.4, -0.2) is 28.3 Å². The normalized spacial score (nSPS) is 26.4. The molecule has 2 aliphatic rings. The van der Waals surface area contributed by atoms with Crippen LogP contribution in [0.15, 0.2) is 24.4 Å².